The Morgan fingerprint density at radius 2 is 1.70 bits per heavy atom. The maximum absolute atomic E-state index is 13.1. The first kappa shape index (κ1) is 18.3. The van der Waals surface area contributed by atoms with E-state index >= 15 is 0 Å². The number of aromatic nitrogens is 2. The summed E-state index contributed by atoms with van der Waals surface area (Å²) in [4.78, 5) is 4.38. The third-order valence-corrected chi connectivity index (χ3v) is 4.11. The Hall–Kier alpha value is -1.02. The molecule has 0 bridgehead atoms. The molecule has 3 aromatic rings. The van der Waals surface area contributed by atoms with Gasteiger partial charge in [-0.25, -0.2) is 13.6 Å². The van der Waals surface area contributed by atoms with Gasteiger partial charge in [0.25, 0.3) is 0 Å². The molecule has 114 valence electrons. The second-order valence-corrected chi connectivity index (χ2v) is 5.83. The standard InChI is InChI=1S/C15H10ClFN2O2S.Na.H/c16-15-14(10-1-3-11(17)4-2-10)19(9-18-15)12-5-7-13(8-6-12)22(20)21;;/h1-9H,(H,20,21);;. The van der Waals surface area contributed by atoms with Gasteiger partial charge in [0.2, 0.25) is 0 Å². The molecule has 0 amide bonds. The zero-order chi connectivity index (χ0) is 15.7. The summed E-state index contributed by atoms with van der Waals surface area (Å²) in [7, 11) is 0. The summed E-state index contributed by atoms with van der Waals surface area (Å²) >= 11 is 4.11. The Labute approximate surface area is 161 Å². The van der Waals surface area contributed by atoms with Gasteiger partial charge in [0, 0.05) is 11.3 Å². The van der Waals surface area contributed by atoms with E-state index in [0.29, 0.717) is 15.7 Å². The van der Waals surface area contributed by atoms with Gasteiger partial charge >= 0.3 is 29.6 Å². The van der Waals surface area contributed by atoms with Crippen molar-refractivity contribution in [3.63, 3.8) is 0 Å². The summed E-state index contributed by atoms with van der Waals surface area (Å²) in [6.45, 7) is 0. The zero-order valence-corrected chi connectivity index (χ0v) is 12.7. The molecule has 23 heavy (non-hydrogen) atoms. The van der Waals surface area contributed by atoms with Crippen LogP contribution < -0.4 is 0 Å². The second-order valence-electron chi connectivity index (χ2n) is 4.50. The molecular formula is C15H11ClFN2NaO2S. The van der Waals surface area contributed by atoms with Crippen molar-refractivity contribution >= 4 is 52.2 Å². The summed E-state index contributed by atoms with van der Waals surface area (Å²) < 4.78 is 34.9. The van der Waals surface area contributed by atoms with Crippen LogP contribution in [0.1, 0.15) is 0 Å². The normalized spacial score (nSPS) is 11.8. The molecule has 4 nitrogen and oxygen atoms in total. The summed E-state index contributed by atoms with van der Waals surface area (Å²) in [6.07, 6.45) is 1.55. The fourth-order valence-electron chi connectivity index (χ4n) is 2.11. The Kier molecular flexibility index (Phi) is 6.13. The van der Waals surface area contributed by atoms with Crippen molar-refractivity contribution in [2.75, 3.05) is 0 Å². The van der Waals surface area contributed by atoms with Crippen LogP contribution >= 0.6 is 11.6 Å². The topological polar surface area (TPSA) is 55.1 Å². The molecule has 1 unspecified atom stereocenters. The van der Waals surface area contributed by atoms with E-state index in [0.717, 1.165) is 11.3 Å². The van der Waals surface area contributed by atoms with Crippen molar-refractivity contribution < 1.29 is 13.2 Å². The molecule has 0 aliphatic heterocycles. The Morgan fingerprint density at radius 3 is 2.26 bits per heavy atom. The number of nitrogens with zero attached hydrogens (tertiary/aromatic N) is 2. The van der Waals surface area contributed by atoms with E-state index in [-0.39, 0.29) is 35.4 Å². The second kappa shape index (κ2) is 7.70. The predicted octanol–water partition coefficient (Wildman–Crippen LogP) is 3.26. The summed E-state index contributed by atoms with van der Waals surface area (Å²) in [6, 6.07) is 12.4. The minimum absolute atomic E-state index is 0. The molecule has 8 heteroatoms. The minimum atomic E-state index is -2.02. The van der Waals surface area contributed by atoms with Crippen molar-refractivity contribution in [2.24, 2.45) is 0 Å². The Balaban J connectivity index is 0.00000192. The number of imidazole rings is 1. The van der Waals surface area contributed by atoms with Crippen LogP contribution in [0.4, 0.5) is 4.39 Å². The van der Waals surface area contributed by atoms with Gasteiger partial charge in [0.15, 0.2) is 16.2 Å². The first-order valence-electron chi connectivity index (χ1n) is 6.26. The van der Waals surface area contributed by atoms with Crippen LogP contribution in [0.2, 0.25) is 5.15 Å². The molecule has 0 spiro atoms. The predicted molar refractivity (Wildman–Crippen MR) is 90.2 cm³/mol. The molecule has 2 aromatic carbocycles. The van der Waals surface area contributed by atoms with Crippen LogP contribution in [0.15, 0.2) is 59.8 Å². The number of hydrogen-bond acceptors (Lipinski definition) is 2. The van der Waals surface area contributed by atoms with Crippen molar-refractivity contribution in [3.05, 3.63) is 65.8 Å². The van der Waals surface area contributed by atoms with E-state index < -0.39 is 11.1 Å². The van der Waals surface area contributed by atoms with Gasteiger partial charge in [-0.2, -0.15) is 0 Å². The Bertz CT molecular complexity index is 838. The third kappa shape index (κ3) is 3.91. The monoisotopic (exact) mass is 360 g/mol. The molecule has 0 aliphatic rings. The number of hydrogen-bond donors (Lipinski definition) is 1. The molecule has 1 N–H and O–H groups in total. The van der Waals surface area contributed by atoms with Crippen molar-refractivity contribution in [1.29, 1.82) is 0 Å². The van der Waals surface area contributed by atoms with Crippen LogP contribution in [-0.4, -0.2) is 47.9 Å². The van der Waals surface area contributed by atoms with Crippen molar-refractivity contribution in [3.8, 4) is 16.9 Å². The molecular weight excluding hydrogens is 350 g/mol. The first-order valence-corrected chi connectivity index (χ1v) is 7.75. The molecule has 1 aromatic heterocycles. The van der Waals surface area contributed by atoms with Crippen LogP contribution in [0.5, 0.6) is 0 Å². The SMILES string of the molecule is O=S(O)c1ccc(-n2cnc(Cl)c2-c2ccc(F)cc2)cc1.[NaH]. The quantitative estimate of drug-likeness (QED) is 0.576. The van der Waals surface area contributed by atoms with Crippen LogP contribution in [0.25, 0.3) is 16.9 Å². The molecule has 0 aliphatic carbocycles. The molecule has 0 radical (unpaired) electrons. The fraction of sp³-hybridized carbons (Fsp3) is 0. The van der Waals surface area contributed by atoms with Gasteiger partial charge in [-0.15, -0.1) is 0 Å². The summed E-state index contributed by atoms with van der Waals surface area (Å²) in [5, 5.41) is 0.293. The molecule has 1 heterocycles. The molecule has 3 rings (SSSR count). The molecule has 0 saturated heterocycles. The van der Waals surface area contributed by atoms with Crippen molar-refractivity contribution in [1.82, 2.24) is 9.55 Å². The number of benzene rings is 2. The third-order valence-electron chi connectivity index (χ3n) is 3.16. The van der Waals surface area contributed by atoms with Gasteiger partial charge in [-0.3, -0.25) is 4.57 Å². The van der Waals surface area contributed by atoms with Gasteiger partial charge < -0.3 is 4.55 Å². The molecule has 0 fully saturated rings. The van der Waals surface area contributed by atoms with Gasteiger partial charge in [-0.05, 0) is 48.5 Å². The van der Waals surface area contributed by atoms with Gasteiger partial charge in [0.1, 0.15) is 12.1 Å². The van der Waals surface area contributed by atoms with Crippen LogP contribution in [0.3, 0.4) is 0 Å². The van der Waals surface area contributed by atoms with Gasteiger partial charge in [-0.1, -0.05) is 11.6 Å². The summed E-state index contributed by atoms with van der Waals surface area (Å²) in [5.74, 6) is -0.333. The van der Waals surface area contributed by atoms with E-state index in [9.17, 15) is 8.60 Å². The number of halogens is 2. The van der Waals surface area contributed by atoms with E-state index in [2.05, 4.69) is 4.98 Å². The average Bonchev–Trinajstić information content (AvgIpc) is 2.90. The van der Waals surface area contributed by atoms with E-state index in [1.54, 1.807) is 47.3 Å². The van der Waals surface area contributed by atoms with E-state index in [1.165, 1.54) is 12.1 Å². The van der Waals surface area contributed by atoms with Gasteiger partial charge in [0.05, 0.1) is 10.6 Å². The van der Waals surface area contributed by atoms with Crippen LogP contribution in [-0.2, 0) is 11.1 Å². The summed E-state index contributed by atoms with van der Waals surface area (Å²) in [5.41, 5.74) is 2.08. The van der Waals surface area contributed by atoms with E-state index in [4.69, 9.17) is 16.2 Å². The average molecular weight is 361 g/mol. The fourth-order valence-corrected chi connectivity index (χ4v) is 2.72. The van der Waals surface area contributed by atoms with E-state index in [1.807, 2.05) is 0 Å². The number of rotatable bonds is 3. The first-order chi connectivity index (χ1) is 10.6. The molecule has 1 atom stereocenters. The molecule has 0 saturated carbocycles. The van der Waals surface area contributed by atoms with Crippen LogP contribution in [0, 0.1) is 5.82 Å². The Morgan fingerprint density at radius 1 is 1.09 bits per heavy atom. The maximum atomic E-state index is 13.1. The van der Waals surface area contributed by atoms with Crippen molar-refractivity contribution in [2.45, 2.75) is 4.90 Å². The zero-order valence-electron chi connectivity index (χ0n) is 11.1.